The Bertz CT molecular complexity index is 545. The summed E-state index contributed by atoms with van der Waals surface area (Å²) < 4.78 is 5.51. The molecule has 3 heteroatoms. The number of halogens is 1. The quantitative estimate of drug-likeness (QED) is 0.877. The third kappa shape index (κ3) is 2.38. The maximum atomic E-state index is 6.28. The highest BCUT2D eigenvalue weighted by atomic mass is 35.5. The molecular weight excluding hydrogens is 234 g/mol. The highest BCUT2D eigenvalue weighted by Crippen LogP contribution is 2.28. The summed E-state index contributed by atoms with van der Waals surface area (Å²) in [6.45, 7) is 5.88. The second-order valence-corrected chi connectivity index (χ2v) is 4.78. The third-order valence-electron chi connectivity index (χ3n) is 2.98. The first-order valence-electron chi connectivity index (χ1n) is 5.57. The molecule has 2 rings (SSSR count). The molecule has 0 radical (unpaired) electrons. The van der Waals surface area contributed by atoms with E-state index in [1.807, 2.05) is 45.0 Å². The van der Waals surface area contributed by atoms with E-state index in [2.05, 4.69) is 0 Å². The molecule has 0 saturated heterocycles. The van der Waals surface area contributed by atoms with Crippen molar-refractivity contribution in [3.8, 4) is 0 Å². The Kier molecular flexibility index (Phi) is 3.27. The number of nitrogens with two attached hydrogens (primary N) is 1. The molecule has 17 heavy (non-hydrogen) atoms. The molecule has 2 N–H and O–H groups in total. The van der Waals surface area contributed by atoms with Crippen LogP contribution < -0.4 is 5.73 Å². The predicted octanol–water partition coefficient (Wildman–Crippen LogP) is 3.91. The molecule has 1 aromatic carbocycles. The molecule has 0 spiro atoms. The minimum atomic E-state index is -0.162. The van der Waals surface area contributed by atoms with E-state index < -0.39 is 0 Å². The molecule has 1 heterocycles. The zero-order chi connectivity index (χ0) is 12.6. The molecule has 0 aliphatic heterocycles. The van der Waals surface area contributed by atoms with Crippen LogP contribution in [0.1, 0.15) is 34.3 Å². The van der Waals surface area contributed by atoms with Gasteiger partial charge in [0.2, 0.25) is 0 Å². The van der Waals surface area contributed by atoms with Crippen molar-refractivity contribution in [1.29, 1.82) is 0 Å². The predicted molar refractivity (Wildman–Crippen MR) is 70.4 cm³/mol. The number of rotatable bonds is 2. The summed E-state index contributed by atoms with van der Waals surface area (Å²) in [4.78, 5) is 0. The summed E-state index contributed by atoms with van der Waals surface area (Å²) in [5, 5.41) is 0.735. The van der Waals surface area contributed by atoms with E-state index in [4.69, 9.17) is 21.8 Å². The standard InChI is InChI=1S/C14H16ClNO/c1-8-6-11(15)4-5-12(8)14(16)13-7-9(2)17-10(13)3/h4-7,14H,16H2,1-3H3. The molecule has 90 valence electrons. The van der Waals surface area contributed by atoms with Crippen molar-refractivity contribution >= 4 is 11.6 Å². The van der Waals surface area contributed by atoms with Crippen LogP contribution in [0.3, 0.4) is 0 Å². The fourth-order valence-corrected chi connectivity index (χ4v) is 2.34. The molecule has 0 fully saturated rings. The Labute approximate surface area is 106 Å². The van der Waals surface area contributed by atoms with Gasteiger partial charge in [0.15, 0.2) is 0 Å². The van der Waals surface area contributed by atoms with Crippen molar-refractivity contribution in [1.82, 2.24) is 0 Å². The summed E-state index contributed by atoms with van der Waals surface area (Å²) in [7, 11) is 0. The van der Waals surface area contributed by atoms with E-state index in [0.717, 1.165) is 33.2 Å². The van der Waals surface area contributed by atoms with Crippen LogP contribution >= 0.6 is 11.6 Å². The average Bonchev–Trinajstić information content (AvgIpc) is 2.57. The number of hydrogen-bond donors (Lipinski definition) is 1. The Morgan fingerprint density at radius 1 is 1.12 bits per heavy atom. The molecule has 2 aromatic rings. The molecule has 0 aliphatic rings. The van der Waals surface area contributed by atoms with Gasteiger partial charge in [0, 0.05) is 10.6 Å². The third-order valence-corrected chi connectivity index (χ3v) is 3.22. The van der Waals surface area contributed by atoms with Crippen LogP contribution in [-0.2, 0) is 0 Å². The lowest BCUT2D eigenvalue weighted by Gasteiger charge is -2.14. The van der Waals surface area contributed by atoms with Gasteiger partial charge in [-0.25, -0.2) is 0 Å². The first-order valence-corrected chi connectivity index (χ1v) is 5.95. The Morgan fingerprint density at radius 2 is 1.82 bits per heavy atom. The summed E-state index contributed by atoms with van der Waals surface area (Å²) in [5.74, 6) is 1.77. The summed E-state index contributed by atoms with van der Waals surface area (Å²) in [6.07, 6.45) is 0. The molecule has 0 amide bonds. The van der Waals surface area contributed by atoms with Crippen LogP contribution in [0, 0.1) is 20.8 Å². The molecule has 2 nitrogen and oxygen atoms in total. The van der Waals surface area contributed by atoms with Gasteiger partial charge in [0.25, 0.3) is 0 Å². The second-order valence-electron chi connectivity index (χ2n) is 4.35. The van der Waals surface area contributed by atoms with Gasteiger partial charge in [0.1, 0.15) is 11.5 Å². The van der Waals surface area contributed by atoms with E-state index in [-0.39, 0.29) is 6.04 Å². The van der Waals surface area contributed by atoms with E-state index >= 15 is 0 Å². The smallest absolute Gasteiger partial charge is 0.106 e. The maximum absolute atomic E-state index is 6.28. The number of benzene rings is 1. The van der Waals surface area contributed by atoms with Gasteiger partial charge in [-0.1, -0.05) is 17.7 Å². The number of hydrogen-bond acceptors (Lipinski definition) is 2. The van der Waals surface area contributed by atoms with Crippen LogP contribution in [0.25, 0.3) is 0 Å². The molecular formula is C14H16ClNO. The Morgan fingerprint density at radius 3 is 2.35 bits per heavy atom. The normalized spacial score (nSPS) is 12.8. The minimum absolute atomic E-state index is 0.162. The first-order chi connectivity index (χ1) is 7.99. The maximum Gasteiger partial charge on any atom is 0.106 e. The molecule has 1 unspecified atom stereocenters. The van der Waals surface area contributed by atoms with Crippen LogP contribution in [-0.4, -0.2) is 0 Å². The fraction of sp³-hybridized carbons (Fsp3) is 0.286. The van der Waals surface area contributed by atoms with Crippen molar-refractivity contribution in [2.45, 2.75) is 26.8 Å². The van der Waals surface area contributed by atoms with Gasteiger partial charge >= 0.3 is 0 Å². The lowest BCUT2D eigenvalue weighted by atomic mass is 9.96. The zero-order valence-corrected chi connectivity index (χ0v) is 11.0. The van der Waals surface area contributed by atoms with Gasteiger partial charge in [-0.05, 0) is 50.1 Å². The highest BCUT2D eigenvalue weighted by molar-refractivity contribution is 6.30. The van der Waals surface area contributed by atoms with Gasteiger partial charge in [0.05, 0.1) is 6.04 Å². The molecule has 1 aromatic heterocycles. The van der Waals surface area contributed by atoms with E-state index in [0.29, 0.717) is 0 Å². The summed E-state index contributed by atoms with van der Waals surface area (Å²) >= 11 is 5.94. The zero-order valence-electron chi connectivity index (χ0n) is 10.3. The van der Waals surface area contributed by atoms with Crippen LogP contribution in [0.4, 0.5) is 0 Å². The van der Waals surface area contributed by atoms with Crippen molar-refractivity contribution in [3.05, 3.63) is 57.5 Å². The van der Waals surface area contributed by atoms with E-state index in [1.165, 1.54) is 0 Å². The first kappa shape index (κ1) is 12.2. The highest BCUT2D eigenvalue weighted by Gasteiger charge is 2.16. The van der Waals surface area contributed by atoms with Crippen molar-refractivity contribution < 1.29 is 4.42 Å². The second kappa shape index (κ2) is 4.55. The largest absolute Gasteiger partial charge is 0.466 e. The molecule has 0 aliphatic carbocycles. The van der Waals surface area contributed by atoms with Gasteiger partial charge < -0.3 is 10.2 Å². The van der Waals surface area contributed by atoms with Crippen LogP contribution in [0.2, 0.25) is 5.02 Å². The Balaban J connectivity index is 2.43. The van der Waals surface area contributed by atoms with Crippen molar-refractivity contribution in [2.75, 3.05) is 0 Å². The lowest BCUT2D eigenvalue weighted by molar-refractivity contribution is 0.499. The number of furan rings is 1. The van der Waals surface area contributed by atoms with Gasteiger partial charge in [-0.3, -0.25) is 0 Å². The summed E-state index contributed by atoms with van der Waals surface area (Å²) in [5.41, 5.74) is 9.50. The summed E-state index contributed by atoms with van der Waals surface area (Å²) in [6, 6.07) is 7.60. The molecule has 0 bridgehead atoms. The molecule has 0 saturated carbocycles. The average molecular weight is 250 g/mol. The monoisotopic (exact) mass is 249 g/mol. The Hall–Kier alpha value is -1.25. The van der Waals surface area contributed by atoms with E-state index in [9.17, 15) is 0 Å². The topological polar surface area (TPSA) is 39.2 Å². The lowest BCUT2D eigenvalue weighted by Crippen LogP contribution is -2.13. The van der Waals surface area contributed by atoms with E-state index in [1.54, 1.807) is 0 Å². The van der Waals surface area contributed by atoms with Gasteiger partial charge in [-0.15, -0.1) is 0 Å². The number of aryl methyl sites for hydroxylation is 3. The van der Waals surface area contributed by atoms with Gasteiger partial charge in [-0.2, -0.15) is 0 Å². The SMILES string of the molecule is Cc1cc(C(N)c2ccc(Cl)cc2C)c(C)o1. The van der Waals surface area contributed by atoms with Crippen LogP contribution in [0.5, 0.6) is 0 Å². The van der Waals surface area contributed by atoms with Crippen molar-refractivity contribution in [2.24, 2.45) is 5.73 Å². The fourth-order valence-electron chi connectivity index (χ4n) is 2.11. The van der Waals surface area contributed by atoms with Crippen LogP contribution in [0.15, 0.2) is 28.7 Å². The molecule has 1 atom stereocenters. The van der Waals surface area contributed by atoms with Crippen molar-refractivity contribution in [3.63, 3.8) is 0 Å². The minimum Gasteiger partial charge on any atom is -0.466 e.